The largest absolute Gasteiger partial charge is 0.383 e. The molecule has 0 amide bonds. The van der Waals surface area contributed by atoms with E-state index in [0.717, 1.165) is 37.1 Å². The zero-order valence-electron chi connectivity index (χ0n) is 9.79. The first kappa shape index (κ1) is 12.7. The van der Waals surface area contributed by atoms with Crippen molar-refractivity contribution in [3.8, 4) is 0 Å². The van der Waals surface area contributed by atoms with Crippen molar-refractivity contribution in [3.63, 3.8) is 0 Å². The van der Waals surface area contributed by atoms with Crippen molar-refractivity contribution in [2.24, 2.45) is 5.92 Å². The monoisotopic (exact) mass is 230 g/mol. The molecule has 0 bridgehead atoms. The third kappa shape index (κ3) is 5.33. The summed E-state index contributed by atoms with van der Waals surface area (Å²) in [6, 6.07) is 0. The Morgan fingerprint density at radius 3 is 2.80 bits per heavy atom. The molecule has 0 spiro atoms. The second-order valence-electron chi connectivity index (χ2n) is 4.11. The highest BCUT2D eigenvalue weighted by Crippen LogP contribution is 2.29. The number of nitrogens with one attached hydrogen (secondary N) is 1. The van der Waals surface area contributed by atoms with Gasteiger partial charge in [0.15, 0.2) is 5.11 Å². The zero-order valence-corrected chi connectivity index (χ0v) is 10.6. The van der Waals surface area contributed by atoms with Crippen molar-refractivity contribution in [1.29, 1.82) is 0 Å². The quantitative estimate of drug-likeness (QED) is 0.531. The van der Waals surface area contributed by atoms with Gasteiger partial charge in [0.05, 0.1) is 6.61 Å². The number of ether oxygens (including phenoxy) is 1. The number of methoxy groups -OCH3 is 1. The smallest absolute Gasteiger partial charge is 0.169 e. The van der Waals surface area contributed by atoms with Gasteiger partial charge in [0.2, 0.25) is 0 Å². The van der Waals surface area contributed by atoms with Crippen LogP contribution in [0.2, 0.25) is 0 Å². The molecule has 3 nitrogen and oxygen atoms in total. The molecule has 1 aliphatic carbocycles. The van der Waals surface area contributed by atoms with Gasteiger partial charge in [-0.2, -0.15) is 0 Å². The summed E-state index contributed by atoms with van der Waals surface area (Å²) in [6.07, 6.45) is 3.90. The summed E-state index contributed by atoms with van der Waals surface area (Å²) in [5, 5.41) is 4.12. The number of nitrogens with zero attached hydrogens (tertiary/aromatic N) is 1. The second kappa shape index (κ2) is 7.01. The minimum atomic E-state index is 0.712. The van der Waals surface area contributed by atoms with Gasteiger partial charge in [0.25, 0.3) is 0 Å². The van der Waals surface area contributed by atoms with Gasteiger partial charge in [-0.1, -0.05) is 6.92 Å². The lowest BCUT2D eigenvalue weighted by atomic mass is 10.3. The third-order valence-corrected chi connectivity index (χ3v) is 2.94. The Morgan fingerprint density at radius 2 is 2.27 bits per heavy atom. The molecule has 1 saturated carbocycles. The summed E-state index contributed by atoms with van der Waals surface area (Å²) < 4.78 is 4.98. The lowest BCUT2D eigenvalue weighted by Crippen LogP contribution is -2.42. The van der Waals surface area contributed by atoms with Crippen LogP contribution in [0.1, 0.15) is 26.2 Å². The van der Waals surface area contributed by atoms with Crippen LogP contribution in [0.25, 0.3) is 0 Å². The van der Waals surface area contributed by atoms with E-state index in [2.05, 4.69) is 17.1 Å². The lowest BCUT2D eigenvalue weighted by molar-refractivity contribution is 0.203. The molecule has 0 aromatic heterocycles. The maximum absolute atomic E-state index is 5.36. The Hall–Kier alpha value is -0.350. The van der Waals surface area contributed by atoms with Crippen molar-refractivity contribution in [3.05, 3.63) is 0 Å². The molecule has 0 unspecified atom stereocenters. The Labute approximate surface area is 98.2 Å². The molecule has 0 aromatic rings. The van der Waals surface area contributed by atoms with Crippen LogP contribution in [0.15, 0.2) is 0 Å². The average molecular weight is 230 g/mol. The van der Waals surface area contributed by atoms with E-state index in [4.69, 9.17) is 17.0 Å². The summed E-state index contributed by atoms with van der Waals surface area (Å²) >= 11 is 5.36. The van der Waals surface area contributed by atoms with E-state index in [1.807, 2.05) is 0 Å². The van der Waals surface area contributed by atoms with Crippen LogP contribution in [0.5, 0.6) is 0 Å². The molecular weight excluding hydrogens is 208 g/mol. The predicted octanol–water partition coefficient (Wildman–Crippen LogP) is 1.63. The normalized spacial score (nSPS) is 15.1. The molecule has 1 rings (SSSR count). The minimum Gasteiger partial charge on any atom is -0.383 e. The van der Waals surface area contributed by atoms with Crippen molar-refractivity contribution in [1.82, 2.24) is 10.2 Å². The van der Waals surface area contributed by atoms with Crippen molar-refractivity contribution < 1.29 is 4.74 Å². The van der Waals surface area contributed by atoms with Crippen LogP contribution in [0, 0.1) is 5.92 Å². The Balaban J connectivity index is 2.22. The standard InChI is InChI=1S/C11H22N2OS/c1-3-7-13(9-10-4-5-10)11(15)12-6-8-14-2/h10H,3-9H2,1-2H3,(H,12,15). The van der Waals surface area contributed by atoms with E-state index < -0.39 is 0 Å². The summed E-state index contributed by atoms with van der Waals surface area (Å²) in [7, 11) is 1.71. The third-order valence-electron chi connectivity index (χ3n) is 2.54. The fraction of sp³-hybridized carbons (Fsp3) is 0.909. The zero-order chi connectivity index (χ0) is 11.1. The Morgan fingerprint density at radius 1 is 1.53 bits per heavy atom. The van der Waals surface area contributed by atoms with Gasteiger partial charge in [0.1, 0.15) is 0 Å². The van der Waals surface area contributed by atoms with Crippen LogP contribution < -0.4 is 5.32 Å². The Kier molecular flexibility index (Phi) is 5.95. The van der Waals surface area contributed by atoms with Crippen LogP contribution in [-0.4, -0.2) is 43.4 Å². The van der Waals surface area contributed by atoms with Crippen LogP contribution >= 0.6 is 12.2 Å². The second-order valence-corrected chi connectivity index (χ2v) is 4.50. The maximum Gasteiger partial charge on any atom is 0.169 e. The molecule has 0 aliphatic heterocycles. The molecule has 0 radical (unpaired) electrons. The SMILES string of the molecule is CCCN(CC1CC1)C(=S)NCCOC. The first-order valence-electron chi connectivity index (χ1n) is 5.79. The molecule has 88 valence electrons. The van der Waals surface area contributed by atoms with Crippen molar-refractivity contribution in [2.75, 3.05) is 33.4 Å². The minimum absolute atomic E-state index is 0.712. The predicted molar refractivity (Wildman–Crippen MR) is 67.1 cm³/mol. The molecule has 1 N–H and O–H groups in total. The van der Waals surface area contributed by atoms with Gasteiger partial charge in [-0.05, 0) is 37.4 Å². The first-order valence-corrected chi connectivity index (χ1v) is 6.20. The summed E-state index contributed by atoms with van der Waals surface area (Å²) in [6.45, 7) is 5.91. The summed E-state index contributed by atoms with van der Waals surface area (Å²) in [5.74, 6) is 0.888. The molecule has 0 heterocycles. The highest BCUT2D eigenvalue weighted by molar-refractivity contribution is 7.80. The van der Waals surface area contributed by atoms with E-state index in [0.29, 0.717) is 6.61 Å². The molecule has 4 heteroatoms. The van der Waals surface area contributed by atoms with E-state index in [-0.39, 0.29) is 0 Å². The van der Waals surface area contributed by atoms with Gasteiger partial charge in [0, 0.05) is 26.7 Å². The van der Waals surface area contributed by atoms with Gasteiger partial charge in [-0.3, -0.25) is 0 Å². The highest BCUT2D eigenvalue weighted by atomic mass is 32.1. The van der Waals surface area contributed by atoms with E-state index in [1.165, 1.54) is 12.8 Å². The summed E-state index contributed by atoms with van der Waals surface area (Å²) in [4.78, 5) is 2.29. The first-order chi connectivity index (χ1) is 7.27. The van der Waals surface area contributed by atoms with Crippen LogP contribution in [-0.2, 0) is 4.74 Å². The molecule has 15 heavy (non-hydrogen) atoms. The van der Waals surface area contributed by atoms with E-state index >= 15 is 0 Å². The van der Waals surface area contributed by atoms with E-state index in [1.54, 1.807) is 7.11 Å². The van der Waals surface area contributed by atoms with Crippen molar-refractivity contribution in [2.45, 2.75) is 26.2 Å². The Bertz CT molecular complexity index is 195. The molecule has 1 aliphatic rings. The summed E-state index contributed by atoms with van der Waals surface area (Å²) in [5.41, 5.74) is 0. The molecular formula is C11H22N2OS. The highest BCUT2D eigenvalue weighted by Gasteiger charge is 2.24. The van der Waals surface area contributed by atoms with Gasteiger partial charge in [-0.15, -0.1) is 0 Å². The fourth-order valence-corrected chi connectivity index (χ4v) is 1.80. The molecule has 0 aromatic carbocycles. The number of rotatable bonds is 7. The van der Waals surface area contributed by atoms with Crippen LogP contribution in [0.4, 0.5) is 0 Å². The van der Waals surface area contributed by atoms with E-state index in [9.17, 15) is 0 Å². The fourth-order valence-electron chi connectivity index (χ4n) is 1.53. The van der Waals surface area contributed by atoms with Crippen LogP contribution in [0.3, 0.4) is 0 Å². The van der Waals surface area contributed by atoms with Gasteiger partial charge < -0.3 is 15.0 Å². The molecule has 0 atom stereocenters. The van der Waals surface area contributed by atoms with Gasteiger partial charge >= 0.3 is 0 Å². The number of hydrogen-bond donors (Lipinski definition) is 1. The van der Waals surface area contributed by atoms with Gasteiger partial charge in [-0.25, -0.2) is 0 Å². The topological polar surface area (TPSA) is 24.5 Å². The number of hydrogen-bond acceptors (Lipinski definition) is 2. The molecule has 0 saturated heterocycles. The molecule has 1 fully saturated rings. The average Bonchev–Trinajstić information content (AvgIpc) is 3.01. The number of thiocarbonyl (C=S) groups is 1. The lowest BCUT2D eigenvalue weighted by Gasteiger charge is -2.25. The maximum atomic E-state index is 5.36. The van der Waals surface area contributed by atoms with Crippen molar-refractivity contribution >= 4 is 17.3 Å².